The van der Waals surface area contributed by atoms with E-state index in [4.69, 9.17) is 57.0 Å². The smallest absolute Gasteiger partial charge is 0.0134 e. The van der Waals surface area contributed by atoms with E-state index in [1.54, 1.807) is 45.8 Å². The molecule has 0 spiro atoms. The van der Waals surface area contributed by atoms with Crippen molar-refractivity contribution in [1.29, 1.82) is 0 Å². The van der Waals surface area contributed by atoms with Gasteiger partial charge in [-0.25, -0.2) is 19.0 Å². The quantitative estimate of drug-likeness (QED) is 0.0841. The summed E-state index contributed by atoms with van der Waals surface area (Å²) in [4.78, 5) is 9.58. The van der Waals surface area contributed by atoms with Crippen LogP contribution in [0.5, 0.6) is 5.75 Å². The number of halogens is 5. The van der Waals surface area contributed by atoms with Gasteiger partial charge in [-0.05, 0) is 173 Å². The number of benzene rings is 8. The van der Waals surface area contributed by atoms with Crippen molar-refractivity contribution >= 4 is 179 Å². The van der Waals surface area contributed by atoms with Gasteiger partial charge in [-0.1, -0.05) is 211 Å². The minimum Gasteiger partial charge on any atom is -0.0622 e. The molecule has 14 rings (SSSR count). The fourth-order valence-electron chi connectivity index (χ4n) is 9.18. The van der Waals surface area contributed by atoms with Crippen molar-refractivity contribution in [3.63, 3.8) is 0 Å². The number of imidazole rings is 2. The molecule has 2 N–H and O–H groups in total. The molecular formula is C68H56BCl4IN6O3P2PdS2. The van der Waals surface area contributed by atoms with Crippen molar-refractivity contribution in [3.05, 3.63) is 286 Å². The number of ether oxygens (including phenoxy) is 1. The Morgan fingerprint density at radius 2 is 0.852 bits per heavy atom. The van der Waals surface area contributed by atoms with Gasteiger partial charge < -0.3 is 14.8 Å². The van der Waals surface area contributed by atoms with Gasteiger partial charge in [-0.15, -0.1) is 22.7 Å². The molecule has 8 aromatic carbocycles. The number of aryl methyl sites for hydroxylation is 3. The minimum atomic E-state index is -1.35. The zero-order valence-corrected chi connectivity index (χ0v) is 57.9. The van der Waals surface area contributed by atoms with Crippen molar-refractivity contribution in [2.45, 2.75) is 20.8 Å². The fourth-order valence-corrected chi connectivity index (χ4v) is 16.6. The van der Waals surface area contributed by atoms with E-state index in [0.29, 0.717) is 15.1 Å². The van der Waals surface area contributed by atoms with Gasteiger partial charge in [-0.2, -0.15) is 10.2 Å². The fraction of sp³-hybridized carbons (Fsp3) is 0.0588. The van der Waals surface area contributed by atoms with Gasteiger partial charge in [0.05, 0.1) is 24.4 Å². The van der Waals surface area contributed by atoms with Gasteiger partial charge in [0.25, 0.3) is 0 Å². The van der Waals surface area contributed by atoms with Crippen LogP contribution in [0.1, 0.15) is 16.7 Å². The maximum Gasteiger partial charge on any atom is -0.0134 e. The number of fused-ring (bicyclic) bond motifs is 4. The van der Waals surface area contributed by atoms with Gasteiger partial charge in [0.15, 0.2) is 11.3 Å². The summed E-state index contributed by atoms with van der Waals surface area (Å²) in [5.74, 6) is 0.903. The normalized spacial score (nSPS) is 10.7. The molecule has 88 heavy (non-hydrogen) atoms. The first kappa shape index (κ1) is 66.5. The molecule has 0 saturated carbocycles. The summed E-state index contributed by atoms with van der Waals surface area (Å²) < 4.78 is 12.7. The van der Waals surface area contributed by atoms with Gasteiger partial charge in [0.1, 0.15) is 25.5 Å². The molecule has 0 atom stereocenters. The van der Waals surface area contributed by atoms with Crippen LogP contribution in [-0.2, 0) is 15.9 Å². The number of rotatable bonds is 9. The molecule has 6 heterocycles. The number of hydrogen-bond acceptors (Lipinski definition) is 9. The van der Waals surface area contributed by atoms with E-state index in [2.05, 4.69) is 269 Å². The standard InChI is InChI=1S/2C18H15P.C16H12ClN3OS.C10H11BO2S.C6H3ClIN3.2ClH.Pd/c2*1-4-10-16(11-5-1)19(17-12-6-2-7-13-17)18-14-8-3-9-15-18;1-9-5-10-6-14(22-13(10)7-12(9)21-2)11-8-18-16-4-3-15(17)19-20(11)16;1-6-3-8-5-10(11(12)13)14-9(8)4-7(6)2;7-4-1-2-6-9-3-5(8)11(6)10-4;;;/h2*1-15H;3-8H,1-2H3;3-5,12-13H,1-2H3;1-3H;2*1H;/q;;;;;;;+2/p-2. The van der Waals surface area contributed by atoms with Crippen LogP contribution in [0, 0.1) is 24.5 Å². The summed E-state index contributed by atoms with van der Waals surface area (Å²) in [7, 11) is 9.08. The van der Waals surface area contributed by atoms with E-state index in [1.165, 1.54) is 64.4 Å². The Balaban J connectivity index is 0.000000131. The second-order valence-corrected chi connectivity index (χ2v) is 30.2. The van der Waals surface area contributed by atoms with E-state index in [-0.39, 0.29) is 15.9 Å². The first-order chi connectivity index (χ1) is 42.8. The monoisotopic (exact) mass is 1510 g/mol. The molecule has 0 amide bonds. The summed E-state index contributed by atoms with van der Waals surface area (Å²) in [6.45, 7) is 6.16. The van der Waals surface area contributed by atoms with E-state index < -0.39 is 23.0 Å². The minimum absolute atomic E-state index is 0.106. The topological polar surface area (TPSA) is 110 Å². The first-order valence-corrected chi connectivity index (χ1v) is 37.3. The van der Waals surface area contributed by atoms with Crippen LogP contribution >= 0.6 is 103 Å². The van der Waals surface area contributed by atoms with Crippen molar-refractivity contribution in [2.75, 3.05) is 7.11 Å². The van der Waals surface area contributed by atoms with Gasteiger partial charge >= 0.3 is 42.1 Å². The molecule has 0 bridgehead atoms. The molecule has 0 aliphatic rings. The molecule has 20 heteroatoms. The van der Waals surface area contributed by atoms with Crippen LogP contribution < -0.4 is 41.3 Å². The molecule has 0 saturated heterocycles. The zero-order valence-electron chi connectivity index (χ0n) is 47.7. The third-order valence-electron chi connectivity index (χ3n) is 13.4. The molecular weight excluding hydrogens is 1460 g/mol. The van der Waals surface area contributed by atoms with Crippen LogP contribution in [0.3, 0.4) is 0 Å². The number of hydrogen-bond donors (Lipinski definition) is 2. The number of methoxy groups -OCH3 is 1. The SMILES string of the molecule is COc1cc2sc(-c3cnc4ccc(Cl)nn34)cc2cc1C.Cc1cc2cc(B(O)O)sc2cc1C.Clc1ccc2ncc(I)n2n1.[Cl][Pd][Cl].c1ccc(P(c2ccccc2)c2ccccc2)cc1.c1ccc(P(c2ccccc2)c2ccccc2)cc1. The van der Waals surface area contributed by atoms with Crippen molar-refractivity contribution in [2.24, 2.45) is 0 Å². The maximum absolute atomic E-state index is 9.03. The van der Waals surface area contributed by atoms with Crippen LogP contribution in [-0.4, -0.2) is 53.5 Å². The first-order valence-electron chi connectivity index (χ1n) is 27.2. The zero-order chi connectivity index (χ0) is 61.9. The van der Waals surface area contributed by atoms with Crippen LogP contribution in [0.4, 0.5) is 0 Å². The van der Waals surface area contributed by atoms with Crippen LogP contribution in [0.2, 0.25) is 10.3 Å². The summed E-state index contributed by atoms with van der Waals surface area (Å²) >= 11 is 16.8. The van der Waals surface area contributed by atoms with E-state index in [9.17, 15) is 0 Å². The number of thiophene rings is 2. The molecule has 0 aliphatic carbocycles. The second-order valence-electron chi connectivity index (χ2n) is 19.3. The Morgan fingerprint density at radius 1 is 0.477 bits per heavy atom. The van der Waals surface area contributed by atoms with Crippen molar-refractivity contribution in [1.82, 2.24) is 29.2 Å². The Labute approximate surface area is 562 Å². The average molecular weight is 1520 g/mol. The van der Waals surface area contributed by atoms with E-state index in [1.807, 2.05) is 31.3 Å². The molecule has 6 aromatic heterocycles. The van der Waals surface area contributed by atoms with Crippen molar-refractivity contribution in [3.8, 4) is 16.3 Å². The summed E-state index contributed by atoms with van der Waals surface area (Å²) in [6, 6.07) is 84.2. The third kappa shape index (κ3) is 17.7. The van der Waals surface area contributed by atoms with Gasteiger partial charge in [0.2, 0.25) is 0 Å². The molecule has 0 fully saturated rings. The average Bonchev–Trinajstić information content (AvgIpc) is 3.14. The van der Waals surface area contributed by atoms with Crippen LogP contribution in [0.25, 0.3) is 42.0 Å². The molecule has 0 unspecified atom stereocenters. The van der Waals surface area contributed by atoms with E-state index in [0.717, 1.165) is 47.0 Å². The molecule has 0 aliphatic heterocycles. The summed E-state index contributed by atoms with van der Waals surface area (Å²) in [6.07, 6.45) is 3.58. The van der Waals surface area contributed by atoms with Crippen LogP contribution in [0.15, 0.2) is 255 Å². The Bertz CT molecular complexity index is 4130. The second kappa shape index (κ2) is 33.3. The molecule has 14 aromatic rings. The Kier molecular flexibility index (Phi) is 25.1. The summed E-state index contributed by atoms with van der Waals surface area (Å²) in [5.41, 5.74) is 6.13. The number of aromatic nitrogens is 6. The predicted octanol–water partition coefficient (Wildman–Crippen LogP) is 16.0. The predicted molar refractivity (Wildman–Crippen MR) is 384 cm³/mol. The number of nitrogens with zero attached hydrogens (tertiary/aromatic N) is 6. The molecule has 0 radical (unpaired) electrons. The maximum atomic E-state index is 9.03. The summed E-state index contributed by atoms with van der Waals surface area (Å²) in [5, 5.41) is 38.0. The van der Waals surface area contributed by atoms with Gasteiger partial charge in [0, 0.05) is 14.2 Å². The van der Waals surface area contributed by atoms with E-state index >= 15 is 0 Å². The molecule has 9 nitrogen and oxygen atoms in total. The Hall–Kier alpha value is -5.88. The Morgan fingerprint density at radius 3 is 1.28 bits per heavy atom. The van der Waals surface area contributed by atoms with Gasteiger partial charge in [-0.3, -0.25) is 0 Å². The third-order valence-corrected chi connectivity index (χ3v) is 21.7. The molecule has 446 valence electrons. The van der Waals surface area contributed by atoms with Crippen molar-refractivity contribution < 1.29 is 30.7 Å². The largest absolute Gasteiger partial charge is 0.0622 e.